The third-order valence-corrected chi connectivity index (χ3v) is 20.5. The van der Waals surface area contributed by atoms with Crippen molar-refractivity contribution in [2.24, 2.45) is 0 Å². The van der Waals surface area contributed by atoms with Crippen LogP contribution in [-0.4, -0.2) is 21.1 Å². The fourth-order valence-corrected chi connectivity index (χ4v) is 16.0. The molecule has 390 valence electrons. The van der Waals surface area contributed by atoms with Crippen LogP contribution in [0.1, 0.15) is 304 Å². The van der Waals surface area contributed by atoms with Crippen LogP contribution in [0.3, 0.4) is 0 Å². The Morgan fingerprint density at radius 3 is 0.493 bits per heavy atom. The van der Waals surface area contributed by atoms with Crippen LogP contribution in [0.4, 0.5) is 0 Å². The standard InChI is InChI=1S/2C36H49.Sn/c2*1-21(2)29-17-31(23(5)6)35(32(18-29)24(7)8)27-14-13-15-28(16-27)36-33(25(9)10)19-30(22(3)4)20-34(36)26(11)12;/h2*13-15,17-26H,1-12H3;. The molecule has 0 fully saturated rings. The molecule has 0 N–H and O–H groups in total. The summed E-state index contributed by atoms with van der Waals surface area (Å²) in [6.45, 7) is 58.0. The fraction of sp³-hybridized carbons (Fsp3) is 0.500. The van der Waals surface area contributed by atoms with Crippen molar-refractivity contribution in [3.8, 4) is 44.5 Å². The molecule has 73 heavy (non-hydrogen) atoms. The Balaban J connectivity index is 1.98. The quantitative estimate of drug-likeness (QED) is 0.0753. The zero-order valence-electron chi connectivity index (χ0n) is 50.5. The van der Waals surface area contributed by atoms with Gasteiger partial charge in [-0.3, -0.25) is 0 Å². The predicted octanol–water partition coefficient (Wildman–Crippen LogP) is 21.5. The molecule has 0 aliphatic heterocycles. The van der Waals surface area contributed by atoms with E-state index in [0.29, 0.717) is 71.0 Å². The summed E-state index contributed by atoms with van der Waals surface area (Å²) in [6, 6.07) is 35.8. The molecular weight excluding hydrogens is 984 g/mol. The Hall–Kier alpha value is -3.88. The molecule has 6 aromatic carbocycles. The van der Waals surface area contributed by atoms with Crippen LogP contribution in [-0.2, 0) is 0 Å². The van der Waals surface area contributed by atoms with E-state index in [9.17, 15) is 0 Å². The minimum absolute atomic E-state index is 0.363. The van der Waals surface area contributed by atoms with Gasteiger partial charge >= 0.3 is 462 Å². The molecule has 2 radical (unpaired) electrons. The third kappa shape index (κ3) is 12.2. The van der Waals surface area contributed by atoms with E-state index in [4.69, 9.17) is 0 Å². The van der Waals surface area contributed by atoms with Crippen molar-refractivity contribution >= 4 is 28.3 Å². The first-order chi connectivity index (χ1) is 34.2. The topological polar surface area (TPSA) is 0 Å². The van der Waals surface area contributed by atoms with Crippen LogP contribution in [0.25, 0.3) is 44.5 Å². The van der Waals surface area contributed by atoms with Crippen LogP contribution in [0.2, 0.25) is 0 Å². The Bertz CT molecular complexity index is 2380. The Morgan fingerprint density at radius 1 is 0.219 bits per heavy atom. The SMILES string of the molecule is CC(C)c1cc(C(C)C)c(-c2cccc(-c3c(C(C)C)cc(C(C)C)cc3C(C)C)[c]2[Sn][c]2c(-c3c(C(C)C)cc(C(C)C)cc3C(C)C)cccc2-c2c(C(C)C)cc(C(C)C)cc2C(C)C)c(C(C)C)c1. The van der Waals surface area contributed by atoms with Crippen molar-refractivity contribution in [3.05, 3.63) is 152 Å². The summed E-state index contributed by atoms with van der Waals surface area (Å²) < 4.78 is 3.24. The first kappa shape index (κ1) is 58.4. The van der Waals surface area contributed by atoms with Gasteiger partial charge in [-0.25, -0.2) is 0 Å². The van der Waals surface area contributed by atoms with Gasteiger partial charge in [0.1, 0.15) is 0 Å². The normalized spacial score (nSPS) is 12.5. The van der Waals surface area contributed by atoms with Gasteiger partial charge < -0.3 is 0 Å². The monoisotopic (exact) mass is 1080 g/mol. The zero-order valence-corrected chi connectivity index (χ0v) is 53.4. The van der Waals surface area contributed by atoms with Crippen molar-refractivity contribution in [1.29, 1.82) is 0 Å². The average molecular weight is 1080 g/mol. The molecular formula is C72H98Sn. The molecule has 0 spiro atoms. The predicted molar refractivity (Wildman–Crippen MR) is 329 cm³/mol. The first-order valence-electron chi connectivity index (χ1n) is 28.9. The maximum atomic E-state index is 2.59. The molecule has 0 heterocycles. The van der Waals surface area contributed by atoms with Crippen molar-refractivity contribution in [2.75, 3.05) is 0 Å². The van der Waals surface area contributed by atoms with Crippen LogP contribution >= 0.6 is 0 Å². The molecule has 6 rings (SSSR count). The van der Waals surface area contributed by atoms with Crippen molar-refractivity contribution in [1.82, 2.24) is 0 Å². The van der Waals surface area contributed by atoms with Gasteiger partial charge in [0.2, 0.25) is 0 Å². The van der Waals surface area contributed by atoms with Gasteiger partial charge in [-0.2, -0.15) is 0 Å². The number of hydrogen-bond donors (Lipinski definition) is 0. The second kappa shape index (κ2) is 24.0. The molecule has 6 aromatic rings. The van der Waals surface area contributed by atoms with Crippen molar-refractivity contribution < 1.29 is 0 Å². The van der Waals surface area contributed by atoms with Crippen LogP contribution in [0.15, 0.2) is 84.9 Å². The van der Waals surface area contributed by atoms with Crippen molar-refractivity contribution in [3.63, 3.8) is 0 Å². The van der Waals surface area contributed by atoms with Crippen LogP contribution in [0, 0.1) is 0 Å². The van der Waals surface area contributed by atoms with E-state index in [2.05, 4.69) is 251 Å². The average Bonchev–Trinajstić information content (AvgIpc) is 3.31. The second-order valence-corrected chi connectivity index (χ2v) is 29.3. The fourth-order valence-electron chi connectivity index (χ4n) is 11.4. The summed E-state index contributed by atoms with van der Waals surface area (Å²) in [5.74, 6) is 4.69. The van der Waals surface area contributed by atoms with Gasteiger partial charge in [0, 0.05) is 0 Å². The van der Waals surface area contributed by atoms with E-state index < -0.39 is 21.1 Å². The molecule has 0 aromatic heterocycles. The van der Waals surface area contributed by atoms with Crippen LogP contribution in [0.5, 0.6) is 0 Å². The maximum absolute atomic E-state index is 2.59. The van der Waals surface area contributed by atoms with Crippen LogP contribution < -0.4 is 7.16 Å². The van der Waals surface area contributed by atoms with E-state index in [1.165, 1.54) is 111 Å². The molecule has 0 saturated carbocycles. The van der Waals surface area contributed by atoms with Gasteiger partial charge in [-0.15, -0.1) is 0 Å². The number of hydrogen-bond acceptors (Lipinski definition) is 0. The number of rotatable bonds is 18. The number of benzene rings is 6. The van der Waals surface area contributed by atoms with E-state index >= 15 is 0 Å². The van der Waals surface area contributed by atoms with E-state index in [0.717, 1.165) is 0 Å². The molecule has 0 nitrogen and oxygen atoms in total. The minimum atomic E-state index is -1.83. The summed E-state index contributed by atoms with van der Waals surface area (Å²) in [5.41, 5.74) is 29.6. The summed E-state index contributed by atoms with van der Waals surface area (Å²) in [6.07, 6.45) is 0. The summed E-state index contributed by atoms with van der Waals surface area (Å²) in [4.78, 5) is 0. The molecule has 0 unspecified atom stereocenters. The molecule has 1 heteroatoms. The van der Waals surface area contributed by atoms with E-state index in [1.54, 1.807) is 7.16 Å². The molecule has 0 aliphatic rings. The Labute approximate surface area is 458 Å². The van der Waals surface area contributed by atoms with Gasteiger partial charge in [0.05, 0.1) is 0 Å². The molecule has 0 amide bonds. The van der Waals surface area contributed by atoms with Gasteiger partial charge in [0.15, 0.2) is 0 Å². The van der Waals surface area contributed by atoms with Crippen molar-refractivity contribution in [2.45, 2.75) is 237 Å². The Morgan fingerprint density at radius 2 is 0.370 bits per heavy atom. The second-order valence-electron chi connectivity index (χ2n) is 25.7. The van der Waals surface area contributed by atoms with Gasteiger partial charge in [-0.05, 0) is 0 Å². The summed E-state index contributed by atoms with van der Waals surface area (Å²) in [5, 5.41) is 0. The molecule has 0 atom stereocenters. The molecule has 0 saturated heterocycles. The molecule has 0 bridgehead atoms. The van der Waals surface area contributed by atoms with Gasteiger partial charge in [0.25, 0.3) is 0 Å². The summed E-state index contributed by atoms with van der Waals surface area (Å²) >= 11 is -1.83. The Kier molecular flexibility index (Phi) is 19.2. The van der Waals surface area contributed by atoms with E-state index in [-0.39, 0.29) is 0 Å². The first-order valence-corrected chi connectivity index (χ1v) is 31.8. The van der Waals surface area contributed by atoms with E-state index in [1.807, 2.05) is 0 Å². The zero-order chi connectivity index (χ0) is 54.2. The molecule has 0 aliphatic carbocycles. The summed E-state index contributed by atoms with van der Waals surface area (Å²) in [7, 11) is 0. The van der Waals surface area contributed by atoms with Gasteiger partial charge in [-0.1, -0.05) is 0 Å². The third-order valence-electron chi connectivity index (χ3n) is 16.0.